The highest BCUT2D eigenvalue weighted by molar-refractivity contribution is 5.92. The largest absolute Gasteiger partial charge is 0.468 e. The van der Waals surface area contributed by atoms with Crippen molar-refractivity contribution in [1.29, 1.82) is 0 Å². The number of ether oxygens (including phenoxy) is 2. The smallest absolute Gasteiger partial charge is 0.408 e. The summed E-state index contributed by atoms with van der Waals surface area (Å²) in [5, 5.41) is 7.67. The molecule has 0 saturated carbocycles. The maximum absolute atomic E-state index is 12.5. The maximum Gasteiger partial charge on any atom is 0.408 e. The molecule has 13 nitrogen and oxygen atoms in total. The summed E-state index contributed by atoms with van der Waals surface area (Å²) < 4.78 is 9.43. The molecule has 13 heteroatoms. The predicted octanol–water partition coefficient (Wildman–Crippen LogP) is -1.18. The first-order valence-electron chi connectivity index (χ1n) is 9.85. The quantitative estimate of drug-likeness (QED) is 0.246. The van der Waals surface area contributed by atoms with E-state index in [0.717, 1.165) is 19.0 Å². The second kappa shape index (κ2) is 13.1. The van der Waals surface area contributed by atoms with E-state index in [-0.39, 0.29) is 0 Å². The average molecular weight is 460 g/mol. The molecule has 0 aliphatic rings. The number of rotatable bonds is 9. The normalized spacial score (nSPS) is 11.6. The molecule has 5 amide bonds. The molecule has 0 aromatic heterocycles. The van der Waals surface area contributed by atoms with Crippen molar-refractivity contribution >= 4 is 35.7 Å². The molecule has 0 aromatic carbocycles. The van der Waals surface area contributed by atoms with Crippen molar-refractivity contribution in [3.05, 3.63) is 0 Å². The number of alkyl carbamates (subject to hydrolysis) is 1. The van der Waals surface area contributed by atoms with Gasteiger partial charge in [0, 0.05) is 6.92 Å². The minimum Gasteiger partial charge on any atom is -0.468 e. The van der Waals surface area contributed by atoms with Crippen molar-refractivity contribution in [1.82, 2.24) is 26.4 Å². The maximum atomic E-state index is 12.5. The summed E-state index contributed by atoms with van der Waals surface area (Å²) in [4.78, 5) is 71.3. The summed E-state index contributed by atoms with van der Waals surface area (Å²) in [5.74, 6) is -3.87. The fraction of sp³-hybridized carbons (Fsp3) is 0.684. The van der Waals surface area contributed by atoms with Crippen LogP contribution in [0.5, 0.6) is 0 Å². The van der Waals surface area contributed by atoms with E-state index in [1.54, 1.807) is 34.6 Å². The Bertz CT molecular complexity index is 717. The van der Waals surface area contributed by atoms with Gasteiger partial charge in [0.2, 0.25) is 17.7 Å². The van der Waals surface area contributed by atoms with Gasteiger partial charge in [0.1, 0.15) is 24.7 Å². The molecule has 0 aliphatic heterocycles. The van der Waals surface area contributed by atoms with E-state index < -0.39 is 72.9 Å². The van der Waals surface area contributed by atoms with Gasteiger partial charge in [-0.3, -0.25) is 29.4 Å². The minimum absolute atomic E-state index is 0.404. The fourth-order valence-electron chi connectivity index (χ4n) is 2.28. The zero-order chi connectivity index (χ0) is 25.1. The van der Waals surface area contributed by atoms with Crippen molar-refractivity contribution < 1.29 is 38.2 Å². The Labute approximate surface area is 186 Å². The highest BCUT2D eigenvalue weighted by Gasteiger charge is 2.32. The lowest BCUT2D eigenvalue weighted by Crippen LogP contribution is -2.60. The van der Waals surface area contributed by atoms with E-state index in [9.17, 15) is 28.8 Å². The van der Waals surface area contributed by atoms with Gasteiger partial charge in [-0.1, -0.05) is 13.8 Å². The fourth-order valence-corrected chi connectivity index (χ4v) is 2.28. The molecule has 32 heavy (non-hydrogen) atoms. The first-order valence-corrected chi connectivity index (χ1v) is 9.85. The first kappa shape index (κ1) is 28.6. The molecular weight excluding hydrogens is 426 g/mol. The van der Waals surface area contributed by atoms with Gasteiger partial charge in [0.15, 0.2) is 0 Å². The van der Waals surface area contributed by atoms with E-state index in [1.165, 1.54) is 0 Å². The molecule has 0 bridgehead atoms. The Morgan fingerprint density at radius 1 is 0.875 bits per heavy atom. The lowest BCUT2D eigenvalue weighted by atomic mass is 10.0. The molecule has 0 aromatic rings. The lowest BCUT2D eigenvalue weighted by Gasteiger charge is -2.32. The Kier molecular flexibility index (Phi) is 11.7. The zero-order valence-corrected chi connectivity index (χ0v) is 19.5. The number of hydrogen-bond acceptors (Lipinski definition) is 8. The molecule has 1 unspecified atom stereocenters. The summed E-state index contributed by atoms with van der Waals surface area (Å²) in [7, 11) is 1.16. The number of carbonyl (C=O) groups is 6. The third-order valence-electron chi connectivity index (χ3n) is 3.64. The predicted molar refractivity (Wildman–Crippen MR) is 112 cm³/mol. The first-order chi connectivity index (χ1) is 14.7. The Morgan fingerprint density at radius 3 is 1.91 bits per heavy atom. The lowest BCUT2D eigenvalue weighted by molar-refractivity contribution is -0.150. The monoisotopic (exact) mass is 459 g/mol. The van der Waals surface area contributed by atoms with Gasteiger partial charge in [0.25, 0.3) is 5.91 Å². The molecule has 182 valence electrons. The van der Waals surface area contributed by atoms with Gasteiger partial charge in [-0.2, -0.15) is 0 Å². The number of nitrogens with zero attached hydrogens (tertiary/aromatic N) is 1. The number of nitrogens with one attached hydrogen (secondary N) is 4. The van der Waals surface area contributed by atoms with Gasteiger partial charge < -0.3 is 25.4 Å². The third-order valence-corrected chi connectivity index (χ3v) is 3.64. The summed E-state index contributed by atoms with van der Waals surface area (Å²) in [6, 6.07) is -1.12. The molecule has 0 aliphatic carbocycles. The van der Waals surface area contributed by atoms with E-state index in [4.69, 9.17) is 4.74 Å². The van der Waals surface area contributed by atoms with Gasteiger partial charge in [-0.15, -0.1) is 0 Å². The molecule has 1 atom stereocenters. The van der Waals surface area contributed by atoms with Crippen molar-refractivity contribution in [2.75, 3.05) is 26.7 Å². The molecule has 0 spiro atoms. The molecular formula is C19H33N5O8. The second-order valence-electron chi connectivity index (χ2n) is 8.04. The van der Waals surface area contributed by atoms with Crippen LogP contribution in [0.1, 0.15) is 41.5 Å². The van der Waals surface area contributed by atoms with Crippen molar-refractivity contribution in [3.63, 3.8) is 0 Å². The number of esters is 1. The molecule has 0 saturated heterocycles. The van der Waals surface area contributed by atoms with Gasteiger partial charge >= 0.3 is 12.1 Å². The van der Waals surface area contributed by atoms with Gasteiger partial charge in [-0.05, 0) is 26.7 Å². The topological polar surface area (TPSA) is 172 Å². The van der Waals surface area contributed by atoms with Crippen LogP contribution < -0.4 is 21.4 Å². The van der Waals surface area contributed by atoms with E-state index >= 15 is 0 Å². The number of amides is 5. The molecule has 0 rings (SSSR count). The second-order valence-corrected chi connectivity index (χ2v) is 8.04. The molecule has 0 heterocycles. The third kappa shape index (κ3) is 11.7. The number of methoxy groups -OCH3 is 1. The van der Waals surface area contributed by atoms with Crippen molar-refractivity contribution in [3.8, 4) is 0 Å². The van der Waals surface area contributed by atoms with Crippen molar-refractivity contribution in [2.45, 2.75) is 53.2 Å². The molecule has 0 fully saturated rings. The minimum atomic E-state index is -1.12. The summed E-state index contributed by atoms with van der Waals surface area (Å²) >= 11 is 0. The summed E-state index contributed by atoms with van der Waals surface area (Å²) in [6.45, 7) is 8.08. The van der Waals surface area contributed by atoms with Crippen LogP contribution in [0.15, 0.2) is 0 Å². The van der Waals surface area contributed by atoms with Gasteiger partial charge in [0.05, 0.1) is 13.7 Å². The van der Waals surface area contributed by atoms with Crippen LogP contribution in [0.4, 0.5) is 4.79 Å². The van der Waals surface area contributed by atoms with Crippen LogP contribution in [0.2, 0.25) is 0 Å². The van der Waals surface area contributed by atoms with E-state index in [1.807, 2.05) is 0 Å². The highest BCUT2D eigenvalue weighted by atomic mass is 16.6. The van der Waals surface area contributed by atoms with Crippen LogP contribution in [-0.4, -0.2) is 79.1 Å². The molecule has 0 radical (unpaired) electrons. The zero-order valence-electron chi connectivity index (χ0n) is 19.5. The number of hydrogen-bond donors (Lipinski definition) is 4. The number of hydrazine groups is 1. The van der Waals surface area contributed by atoms with Crippen LogP contribution >= 0.6 is 0 Å². The SMILES string of the molecule is COC(=O)CNC(=O)C(C(C)C)N(NC(=O)CNC(=O)CNC(=O)OC(C)(C)C)C(C)=O. The number of carbonyl (C=O) groups excluding carboxylic acids is 6. The van der Waals surface area contributed by atoms with Crippen LogP contribution in [-0.2, 0) is 33.4 Å². The Balaban J connectivity index is 4.84. The Hall–Kier alpha value is -3.38. The summed E-state index contributed by atoms with van der Waals surface area (Å²) in [5.41, 5.74) is 1.54. The van der Waals surface area contributed by atoms with E-state index in [2.05, 4.69) is 26.1 Å². The van der Waals surface area contributed by atoms with Crippen LogP contribution in [0, 0.1) is 5.92 Å². The Morgan fingerprint density at radius 2 is 1.44 bits per heavy atom. The molecule has 4 N–H and O–H groups in total. The van der Waals surface area contributed by atoms with Crippen LogP contribution in [0.3, 0.4) is 0 Å². The van der Waals surface area contributed by atoms with E-state index in [0.29, 0.717) is 0 Å². The van der Waals surface area contributed by atoms with Crippen LogP contribution in [0.25, 0.3) is 0 Å². The standard InChI is InChI=1S/C19H33N5O8/c1-11(2)16(17(29)21-10-15(28)31-7)24(12(3)25)23-14(27)9-20-13(26)8-22-18(30)32-19(4,5)6/h11,16H,8-10H2,1-7H3,(H,20,26)(H,21,29)(H,22,30)(H,23,27). The average Bonchev–Trinajstić information content (AvgIpc) is 2.66. The summed E-state index contributed by atoms with van der Waals surface area (Å²) in [6.07, 6.45) is -0.794. The van der Waals surface area contributed by atoms with Gasteiger partial charge in [-0.25, -0.2) is 9.80 Å². The van der Waals surface area contributed by atoms with Crippen molar-refractivity contribution in [2.24, 2.45) is 5.92 Å². The highest BCUT2D eigenvalue weighted by Crippen LogP contribution is 2.10.